The van der Waals surface area contributed by atoms with Crippen LogP contribution in [0.15, 0.2) is 110 Å². The zero-order valence-electron chi connectivity index (χ0n) is 58.8. The van der Waals surface area contributed by atoms with E-state index in [1.54, 1.807) is 14.7 Å². The Hall–Kier alpha value is -7.23. The van der Waals surface area contributed by atoms with Gasteiger partial charge in [0.1, 0.15) is 33.6 Å². The Morgan fingerprint density at radius 2 is 0.650 bits per heavy atom. The Morgan fingerprint density at radius 3 is 0.870 bits per heavy atom. The van der Waals surface area contributed by atoms with Crippen molar-refractivity contribution in [3.05, 3.63) is 192 Å². The predicted molar refractivity (Wildman–Crippen MR) is 394 cm³/mol. The lowest BCUT2D eigenvalue weighted by Crippen LogP contribution is -2.51. The van der Waals surface area contributed by atoms with Gasteiger partial charge < -0.3 is 43.1 Å². The summed E-state index contributed by atoms with van der Waals surface area (Å²) < 4.78 is 34.3. The number of carbonyl (C=O) groups excluding carboxylic acids is 3. The second-order valence-corrected chi connectivity index (χ2v) is 31.9. The minimum Gasteiger partial charge on any atom is -0.444 e. The van der Waals surface area contributed by atoms with E-state index in [1.807, 2.05) is 136 Å². The minimum absolute atomic E-state index is 0. The number of pyridine rings is 3. The third kappa shape index (κ3) is 15.9. The van der Waals surface area contributed by atoms with Gasteiger partial charge in [0.25, 0.3) is 0 Å². The van der Waals surface area contributed by atoms with Crippen LogP contribution in [0, 0.1) is 0 Å². The summed E-state index contributed by atoms with van der Waals surface area (Å²) >= 11 is 19.4. The van der Waals surface area contributed by atoms with E-state index in [0.29, 0.717) is 74.2 Å². The second-order valence-electron chi connectivity index (χ2n) is 30.6. The van der Waals surface area contributed by atoms with E-state index in [0.717, 1.165) is 106 Å². The summed E-state index contributed by atoms with van der Waals surface area (Å²) in [6.45, 7) is 33.5. The summed E-state index contributed by atoms with van der Waals surface area (Å²) in [6, 6.07) is 30.5. The lowest BCUT2D eigenvalue weighted by atomic mass is 9.88. The number of piperazine rings is 3. The molecule has 3 aliphatic carbocycles. The SMILES string of the molecule is C.CC(C)(C)OC(=O)N1CCN([C@H]2c3ccc(Cl)cc3C(C3(C)CO3)=Cc3cccnc32)CC1.CC(C)(C)OC(=O)N1CCN([C@H]2c3ccc(Cl)cc3C(C3(C)CO3)=Cc3cccnc32)CC1.CC(C)(C)OC(=O)N1CCN([C@H]2c3ccc(Cl)cc3C(C3(C)CO3)=Cc3cccnc32)CC1. The van der Waals surface area contributed by atoms with Crippen LogP contribution >= 0.6 is 34.8 Å². The molecule has 6 aromatic rings. The summed E-state index contributed by atoms with van der Waals surface area (Å²) in [5.74, 6) is 0. The quantitative estimate of drug-likeness (QED) is 0.114. The topological polar surface area (TPSA) is 175 Å². The van der Waals surface area contributed by atoms with Crippen molar-refractivity contribution in [2.24, 2.45) is 0 Å². The highest BCUT2D eigenvalue weighted by Gasteiger charge is 2.50. The molecule has 9 aliphatic rings. The molecule has 100 heavy (non-hydrogen) atoms. The number of benzene rings is 3. The van der Waals surface area contributed by atoms with E-state index >= 15 is 0 Å². The maximum atomic E-state index is 12.6. The van der Waals surface area contributed by atoms with Gasteiger partial charge in [0, 0.05) is 112 Å². The van der Waals surface area contributed by atoms with E-state index in [-0.39, 0.29) is 60.6 Å². The Labute approximate surface area is 604 Å². The van der Waals surface area contributed by atoms with Crippen LogP contribution in [0.5, 0.6) is 0 Å². The van der Waals surface area contributed by atoms with Crippen molar-refractivity contribution in [2.75, 3.05) is 98.4 Å². The van der Waals surface area contributed by atoms with Crippen molar-refractivity contribution in [2.45, 2.75) is 142 Å². The number of epoxide rings is 3. The highest BCUT2D eigenvalue weighted by atomic mass is 35.5. The molecule has 3 aromatic heterocycles. The molecule has 3 unspecified atom stereocenters. The molecule has 9 heterocycles. The van der Waals surface area contributed by atoms with E-state index in [2.05, 4.69) is 90.1 Å². The van der Waals surface area contributed by atoms with Crippen molar-refractivity contribution < 1.29 is 42.8 Å². The number of hydrogen-bond donors (Lipinski definition) is 0. The first-order valence-corrected chi connectivity index (χ1v) is 35.6. The molecular formula is C79H94Cl3N9O9. The maximum absolute atomic E-state index is 12.6. The maximum Gasteiger partial charge on any atom is 0.410 e. The zero-order chi connectivity index (χ0) is 70.1. The number of nitrogens with zero attached hydrogens (tertiary/aromatic N) is 9. The number of hydrogen-bond acceptors (Lipinski definition) is 15. The number of aromatic nitrogens is 3. The third-order valence-electron chi connectivity index (χ3n) is 19.5. The molecule has 6 atom stereocenters. The zero-order valence-corrected chi connectivity index (χ0v) is 61.1. The van der Waals surface area contributed by atoms with Crippen LogP contribution < -0.4 is 0 Å². The molecule has 0 bridgehead atoms. The van der Waals surface area contributed by atoms with Gasteiger partial charge in [-0.2, -0.15) is 0 Å². The molecule has 21 heteroatoms. The van der Waals surface area contributed by atoms with Gasteiger partial charge in [-0.3, -0.25) is 29.7 Å². The van der Waals surface area contributed by atoms with Crippen LogP contribution in [0.25, 0.3) is 34.9 Å². The molecule has 3 amide bonds. The van der Waals surface area contributed by atoms with Gasteiger partial charge in [0.2, 0.25) is 0 Å². The summed E-state index contributed by atoms with van der Waals surface area (Å²) in [6.07, 6.45) is 11.4. The predicted octanol–water partition coefficient (Wildman–Crippen LogP) is 15.7. The van der Waals surface area contributed by atoms with Crippen molar-refractivity contribution in [3.63, 3.8) is 0 Å². The highest BCUT2D eigenvalue weighted by Crippen LogP contribution is 2.52. The summed E-state index contributed by atoms with van der Waals surface area (Å²) in [5.41, 5.74) is 14.2. The van der Waals surface area contributed by atoms with Gasteiger partial charge in [-0.05, 0) is 223 Å². The fourth-order valence-corrected chi connectivity index (χ4v) is 14.7. The third-order valence-corrected chi connectivity index (χ3v) is 20.2. The largest absolute Gasteiger partial charge is 0.444 e. The molecule has 0 N–H and O–H groups in total. The van der Waals surface area contributed by atoms with Gasteiger partial charge in [0.05, 0.1) is 55.0 Å². The monoisotopic (exact) mass is 1420 g/mol. The first kappa shape index (κ1) is 72.6. The first-order chi connectivity index (χ1) is 46.9. The molecule has 6 aliphatic heterocycles. The molecule has 18 nitrogen and oxygen atoms in total. The van der Waals surface area contributed by atoms with Crippen LogP contribution in [0.3, 0.4) is 0 Å². The molecule has 3 aromatic carbocycles. The Morgan fingerprint density at radius 1 is 0.410 bits per heavy atom. The standard InChI is InChI=1S/3C26H30ClN3O3.CH4/c3*1-25(2,3)33-24(31)30-12-10-29(11-13-30)23-19-8-7-18(27)15-20(19)21(26(4)16-32-26)14-17-6-5-9-28-22(17)23;/h3*5-9,14-15,23H,10-13,16H2,1-4H3;1H4/t3*23-,26?;/m000./s1. The van der Waals surface area contributed by atoms with Gasteiger partial charge in [-0.1, -0.05) is 78.6 Å². The number of rotatable bonds is 6. The molecule has 15 rings (SSSR count). The lowest BCUT2D eigenvalue weighted by molar-refractivity contribution is 0.0109. The molecule has 0 radical (unpaired) electrons. The van der Waals surface area contributed by atoms with Gasteiger partial charge >= 0.3 is 18.3 Å². The van der Waals surface area contributed by atoms with E-state index in [9.17, 15) is 14.4 Å². The Kier molecular flexibility index (Phi) is 20.5. The van der Waals surface area contributed by atoms with E-state index < -0.39 is 16.8 Å². The fraction of sp³-hybridized carbons (Fsp3) is 0.468. The molecule has 6 saturated heterocycles. The molecular weight excluding hydrogens is 1330 g/mol. The van der Waals surface area contributed by atoms with Crippen LogP contribution in [0.1, 0.15) is 176 Å². The lowest BCUT2D eigenvalue weighted by Gasteiger charge is -2.40. The van der Waals surface area contributed by atoms with Crippen molar-refractivity contribution in [1.82, 2.24) is 44.4 Å². The number of halogens is 3. The summed E-state index contributed by atoms with van der Waals surface area (Å²) in [5, 5.41) is 2.11. The van der Waals surface area contributed by atoms with Gasteiger partial charge in [0.15, 0.2) is 0 Å². The van der Waals surface area contributed by atoms with Crippen molar-refractivity contribution in [1.29, 1.82) is 0 Å². The number of carbonyl (C=O) groups is 3. The summed E-state index contributed by atoms with van der Waals surface area (Å²) in [4.78, 5) is 64.9. The molecule has 0 spiro atoms. The number of fused-ring (bicyclic) bond motifs is 6. The van der Waals surface area contributed by atoms with Crippen molar-refractivity contribution >= 4 is 88.0 Å². The average Bonchev–Trinajstić information content (AvgIpc) is 1.59. The van der Waals surface area contributed by atoms with Crippen LogP contribution in [-0.2, 0) is 28.4 Å². The van der Waals surface area contributed by atoms with Gasteiger partial charge in [-0.25, -0.2) is 14.4 Å². The van der Waals surface area contributed by atoms with Crippen LogP contribution in [0.4, 0.5) is 14.4 Å². The molecule has 6 fully saturated rings. The van der Waals surface area contributed by atoms with Crippen molar-refractivity contribution in [3.8, 4) is 0 Å². The smallest absolute Gasteiger partial charge is 0.410 e. The highest BCUT2D eigenvalue weighted by molar-refractivity contribution is 6.31. The molecule has 0 saturated carbocycles. The van der Waals surface area contributed by atoms with E-state index in [4.69, 9.17) is 78.2 Å². The number of ether oxygens (including phenoxy) is 6. The second kappa shape index (κ2) is 28.2. The average molecular weight is 1420 g/mol. The van der Waals surface area contributed by atoms with Gasteiger partial charge in [-0.15, -0.1) is 0 Å². The Bertz CT molecular complexity index is 3760. The number of amides is 3. The van der Waals surface area contributed by atoms with Crippen LogP contribution in [-0.4, -0.2) is 195 Å². The normalized spacial score (nSPS) is 24.7. The van der Waals surface area contributed by atoms with E-state index in [1.165, 1.54) is 16.7 Å². The van der Waals surface area contributed by atoms with Crippen LogP contribution in [0.2, 0.25) is 15.1 Å². The minimum atomic E-state index is -0.500. The summed E-state index contributed by atoms with van der Waals surface area (Å²) in [7, 11) is 0. The fourth-order valence-electron chi connectivity index (χ4n) is 14.2. The first-order valence-electron chi connectivity index (χ1n) is 34.4. The Balaban J connectivity index is 0.000000141. The molecule has 530 valence electrons.